The molecule has 0 bridgehead atoms. The van der Waals surface area contributed by atoms with Crippen molar-refractivity contribution in [1.29, 1.82) is 0 Å². The summed E-state index contributed by atoms with van der Waals surface area (Å²) < 4.78 is 34.1. The van der Waals surface area contributed by atoms with Gasteiger partial charge in [-0.15, -0.1) is 0 Å². The van der Waals surface area contributed by atoms with Gasteiger partial charge in [-0.05, 0) is 43.7 Å². The fourth-order valence-electron chi connectivity index (χ4n) is 3.79. The van der Waals surface area contributed by atoms with E-state index in [0.717, 1.165) is 0 Å². The fraction of sp³-hybridized carbons (Fsp3) is 0.261. The molecule has 0 atom stereocenters. The van der Waals surface area contributed by atoms with E-state index in [2.05, 4.69) is 0 Å². The van der Waals surface area contributed by atoms with E-state index in [1.165, 1.54) is 20.5 Å². The van der Waals surface area contributed by atoms with Crippen molar-refractivity contribution in [3.05, 3.63) is 46.3 Å². The highest BCUT2D eigenvalue weighted by molar-refractivity contribution is 5.98. The summed E-state index contributed by atoms with van der Waals surface area (Å²) in [6.45, 7) is 4.02. The average Bonchev–Trinajstić information content (AvgIpc) is 3.20. The summed E-state index contributed by atoms with van der Waals surface area (Å²) in [4.78, 5) is 13.6. The smallest absolute Gasteiger partial charge is 0.231 e. The molecule has 154 valence electrons. The number of rotatable bonds is 3. The highest BCUT2D eigenvalue weighted by atomic mass is 16.7. The first kappa shape index (κ1) is 18.4. The first-order valence-corrected chi connectivity index (χ1v) is 9.45. The Morgan fingerprint density at radius 3 is 2.57 bits per heavy atom. The van der Waals surface area contributed by atoms with Crippen LogP contribution in [-0.4, -0.2) is 26.6 Å². The fourth-order valence-corrected chi connectivity index (χ4v) is 3.79. The lowest BCUT2D eigenvalue weighted by molar-refractivity contribution is 0.151. The molecule has 0 unspecified atom stereocenters. The third kappa shape index (κ3) is 2.62. The lowest BCUT2D eigenvalue weighted by Gasteiger charge is -2.30. The van der Waals surface area contributed by atoms with Gasteiger partial charge < -0.3 is 28.1 Å². The van der Waals surface area contributed by atoms with Gasteiger partial charge in [0.05, 0.1) is 25.3 Å². The maximum absolute atomic E-state index is 13.6. The van der Waals surface area contributed by atoms with Crippen LogP contribution in [0.4, 0.5) is 0 Å². The van der Waals surface area contributed by atoms with Crippen molar-refractivity contribution in [2.24, 2.45) is 0 Å². The van der Waals surface area contributed by atoms with Crippen LogP contribution < -0.4 is 29.1 Å². The number of benzene rings is 2. The topological polar surface area (TPSA) is 76.4 Å². The van der Waals surface area contributed by atoms with Crippen LogP contribution in [0, 0.1) is 0 Å². The molecule has 3 heterocycles. The van der Waals surface area contributed by atoms with Crippen LogP contribution in [0.15, 0.2) is 39.7 Å². The van der Waals surface area contributed by atoms with Gasteiger partial charge in [-0.3, -0.25) is 4.79 Å². The van der Waals surface area contributed by atoms with Crippen LogP contribution in [0.1, 0.15) is 19.4 Å². The number of fused-ring (bicyclic) bond motifs is 4. The highest BCUT2D eigenvalue weighted by Crippen LogP contribution is 2.49. The van der Waals surface area contributed by atoms with E-state index >= 15 is 0 Å². The van der Waals surface area contributed by atoms with Crippen LogP contribution in [0.25, 0.3) is 28.2 Å². The molecule has 0 spiro atoms. The van der Waals surface area contributed by atoms with Gasteiger partial charge in [0.2, 0.25) is 18.0 Å². The molecular weight excluding hydrogens is 388 g/mol. The Hall–Kier alpha value is -3.61. The molecule has 3 aromatic rings. The maximum Gasteiger partial charge on any atom is 0.231 e. The Balaban J connectivity index is 1.81. The molecule has 5 rings (SSSR count). The molecule has 2 aromatic carbocycles. The monoisotopic (exact) mass is 408 g/mol. The van der Waals surface area contributed by atoms with Crippen LogP contribution in [0.5, 0.6) is 28.7 Å². The van der Waals surface area contributed by atoms with Gasteiger partial charge in [-0.25, -0.2) is 0 Å². The summed E-state index contributed by atoms with van der Waals surface area (Å²) in [5, 5.41) is 0.288. The number of hydrogen-bond donors (Lipinski definition) is 0. The van der Waals surface area contributed by atoms with Crippen molar-refractivity contribution in [3.63, 3.8) is 0 Å². The molecule has 0 saturated carbocycles. The molecule has 30 heavy (non-hydrogen) atoms. The number of ether oxygens (including phenoxy) is 5. The van der Waals surface area contributed by atoms with Gasteiger partial charge in [0.1, 0.15) is 17.3 Å². The van der Waals surface area contributed by atoms with Crippen molar-refractivity contribution in [2.45, 2.75) is 19.4 Å². The first-order valence-electron chi connectivity index (χ1n) is 9.45. The second-order valence-electron chi connectivity index (χ2n) is 7.60. The Morgan fingerprint density at radius 2 is 1.80 bits per heavy atom. The zero-order valence-electron chi connectivity index (χ0n) is 17.0. The summed E-state index contributed by atoms with van der Waals surface area (Å²) in [5.74, 6) is 2.33. The van der Waals surface area contributed by atoms with Crippen molar-refractivity contribution in [1.82, 2.24) is 0 Å². The molecule has 0 fully saturated rings. The van der Waals surface area contributed by atoms with Gasteiger partial charge in [-0.2, -0.15) is 0 Å². The zero-order chi connectivity index (χ0) is 21.0. The normalized spacial score (nSPS) is 15.6. The molecule has 2 aliphatic heterocycles. The highest BCUT2D eigenvalue weighted by Gasteiger charge is 2.32. The van der Waals surface area contributed by atoms with Crippen molar-refractivity contribution in [2.75, 3.05) is 21.0 Å². The SMILES string of the molecule is COc1c2c(c3occ(-c4ccc5c(c4)OCO5)c(=O)c3c1OC)C=CC(C)(C)O2. The Bertz CT molecular complexity index is 1270. The van der Waals surface area contributed by atoms with Crippen molar-refractivity contribution in [3.8, 4) is 39.9 Å². The lowest BCUT2D eigenvalue weighted by atomic mass is 9.97. The van der Waals surface area contributed by atoms with Crippen molar-refractivity contribution < 1.29 is 28.1 Å². The maximum atomic E-state index is 13.6. The Labute approximate surface area is 172 Å². The van der Waals surface area contributed by atoms with E-state index in [1.54, 1.807) is 18.2 Å². The number of hydrogen-bond acceptors (Lipinski definition) is 7. The Kier molecular flexibility index (Phi) is 3.96. The summed E-state index contributed by atoms with van der Waals surface area (Å²) in [5.41, 5.74) is 1.27. The van der Waals surface area contributed by atoms with Gasteiger partial charge in [0.25, 0.3) is 0 Å². The predicted octanol–water partition coefficient (Wildman–Crippen LogP) is 4.39. The summed E-state index contributed by atoms with van der Waals surface area (Å²) in [6, 6.07) is 5.32. The molecule has 2 aliphatic rings. The Morgan fingerprint density at radius 1 is 1.03 bits per heavy atom. The molecule has 7 nitrogen and oxygen atoms in total. The second-order valence-corrected chi connectivity index (χ2v) is 7.60. The third-order valence-electron chi connectivity index (χ3n) is 5.23. The largest absolute Gasteiger partial charge is 0.492 e. The standard InChI is InChI=1S/C23H20O7/c1-23(2)8-7-13-19-17(21(25-3)22(26-4)20(13)30-23)18(24)14(10-27-19)12-5-6-15-16(9-12)29-11-28-15/h5-10H,11H2,1-4H3. The number of methoxy groups -OCH3 is 2. The van der Waals surface area contributed by atoms with Gasteiger partial charge in [-0.1, -0.05) is 6.07 Å². The van der Waals surface area contributed by atoms with Gasteiger partial charge in [0, 0.05) is 0 Å². The second kappa shape index (κ2) is 6.45. The van der Waals surface area contributed by atoms with Crippen LogP contribution in [-0.2, 0) is 0 Å². The molecule has 0 radical (unpaired) electrons. The van der Waals surface area contributed by atoms with E-state index < -0.39 is 5.60 Å². The molecule has 7 heteroatoms. The van der Waals surface area contributed by atoms with Crippen molar-refractivity contribution >= 4 is 17.0 Å². The molecular formula is C23H20O7. The molecule has 1 aromatic heterocycles. The van der Waals surface area contributed by atoms with E-state index in [-0.39, 0.29) is 23.4 Å². The third-order valence-corrected chi connectivity index (χ3v) is 5.23. The van der Waals surface area contributed by atoms with E-state index in [0.29, 0.717) is 45.3 Å². The lowest BCUT2D eigenvalue weighted by Crippen LogP contribution is -2.28. The average molecular weight is 408 g/mol. The van der Waals surface area contributed by atoms with Crippen LogP contribution in [0.2, 0.25) is 0 Å². The molecule has 0 aliphatic carbocycles. The predicted molar refractivity (Wildman–Crippen MR) is 111 cm³/mol. The van der Waals surface area contributed by atoms with Gasteiger partial charge in [0.15, 0.2) is 28.6 Å². The molecule has 0 N–H and O–H groups in total. The van der Waals surface area contributed by atoms with Gasteiger partial charge >= 0.3 is 0 Å². The minimum absolute atomic E-state index is 0.158. The minimum Gasteiger partial charge on any atom is -0.492 e. The summed E-state index contributed by atoms with van der Waals surface area (Å²) in [7, 11) is 3.00. The van der Waals surface area contributed by atoms with Crippen LogP contribution in [0.3, 0.4) is 0 Å². The van der Waals surface area contributed by atoms with E-state index in [4.69, 9.17) is 28.1 Å². The summed E-state index contributed by atoms with van der Waals surface area (Å²) >= 11 is 0. The molecule has 0 amide bonds. The van der Waals surface area contributed by atoms with Crippen LogP contribution >= 0.6 is 0 Å². The molecule has 0 saturated heterocycles. The summed E-state index contributed by atoms with van der Waals surface area (Å²) in [6.07, 6.45) is 5.24. The first-order chi connectivity index (χ1) is 14.4. The van der Waals surface area contributed by atoms with E-state index in [9.17, 15) is 4.79 Å². The quantitative estimate of drug-likeness (QED) is 0.636. The van der Waals surface area contributed by atoms with E-state index in [1.807, 2.05) is 26.0 Å². The minimum atomic E-state index is -0.536. The zero-order valence-corrected chi connectivity index (χ0v) is 17.0.